The largest absolute Gasteiger partial charge is 0.470 e. The third-order valence-electron chi connectivity index (χ3n) is 3.90. The van der Waals surface area contributed by atoms with Gasteiger partial charge in [0.25, 0.3) is 5.91 Å². The zero-order chi connectivity index (χ0) is 16.9. The van der Waals surface area contributed by atoms with Gasteiger partial charge in [0.1, 0.15) is 17.9 Å². The predicted molar refractivity (Wildman–Crippen MR) is 85.5 cm³/mol. The zero-order valence-electron chi connectivity index (χ0n) is 13.3. The minimum Gasteiger partial charge on any atom is -0.470 e. The van der Waals surface area contributed by atoms with Crippen LogP contribution in [0.2, 0.25) is 0 Å². The molecule has 2 aromatic heterocycles. The Bertz CT molecular complexity index is 751. The molecule has 0 aliphatic carbocycles. The Labute approximate surface area is 139 Å². The summed E-state index contributed by atoms with van der Waals surface area (Å²) >= 11 is 0. The second-order valence-electron chi connectivity index (χ2n) is 5.60. The van der Waals surface area contributed by atoms with Crippen molar-refractivity contribution in [2.45, 2.75) is 18.6 Å². The number of ether oxygens (including phenoxy) is 2. The van der Waals surface area contributed by atoms with Gasteiger partial charge in [-0.3, -0.25) is 4.79 Å². The number of nitrogens with one attached hydrogen (secondary N) is 1. The first-order valence-corrected chi connectivity index (χ1v) is 7.70. The molecule has 2 aromatic rings. The van der Waals surface area contributed by atoms with Crippen molar-refractivity contribution in [3.63, 3.8) is 0 Å². The average Bonchev–Trinajstić information content (AvgIpc) is 2.99. The van der Waals surface area contributed by atoms with Crippen LogP contribution in [0.5, 0.6) is 5.88 Å². The molecule has 1 aliphatic rings. The lowest BCUT2D eigenvalue weighted by atomic mass is 10.1. The number of nitriles is 1. The molecule has 0 saturated carbocycles. The molecular formula is C17H18N4O3. The molecule has 0 unspecified atom stereocenters. The molecule has 3 rings (SSSR count). The highest BCUT2D eigenvalue weighted by Gasteiger charge is 2.30. The SMILES string of the molecule is Cn1cc(C#N)cc1C(=O)N[C@@H]1CCOC[C@H]1Oc1ccccn1. The summed E-state index contributed by atoms with van der Waals surface area (Å²) in [7, 11) is 1.74. The first-order chi connectivity index (χ1) is 11.7. The normalized spacial score (nSPS) is 20.2. The van der Waals surface area contributed by atoms with E-state index < -0.39 is 0 Å². The van der Waals surface area contributed by atoms with Gasteiger partial charge < -0.3 is 19.4 Å². The highest BCUT2D eigenvalue weighted by Crippen LogP contribution is 2.16. The van der Waals surface area contributed by atoms with Crippen molar-refractivity contribution >= 4 is 5.91 Å². The maximum Gasteiger partial charge on any atom is 0.268 e. The molecule has 0 spiro atoms. The Kier molecular flexibility index (Phi) is 4.77. The van der Waals surface area contributed by atoms with Crippen molar-refractivity contribution < 1.29 is 14.3 Å². The second kappa shape index (κ2) is 7.15. The van der Waals surface area contributed by atoms with E-state index in [0.717, 1.165) is 0 Å². The lowest BCUT2D eigenvalue weighted by Gasteiger charge is -2.32. The van der Waals surface area contributed by atoms with E-state index in [1.807, 2.05) is 18.2 Å². The zero-order valence-corrected chi connectivity index (χ0v) is 13.3. The topological polar surface area (TPSA) is 89.2 Å². The van der Waals surface area contributed by atoms with Crippen molar-refractivity contribution in [2.75, 3.05) is 13.2 Å². The van der Waals surface area contributed by atoms with Gasteiger partial charge in [0.2, 0.25) is 5.88 Å². The van der Waals surface area contributed by atoms with Gasteiger partial charge in [-0.2, -0.15) is 5.26 Å². The van der Waals surface area contributed by atoms with Crippen LogP contribution < -0.4 is 10.1 Å². The van der Waals surface area contributed by atoms with Crippen LogP contribution in [0.3, 0.4) is 0 Å². The number of hydrogen-bond acceptors (Lipinski definition) is 5. The van der Waals surface area contributed by atoms with E-state index in [0.29, 0.717) is 36.8 Å². The highest BCUT2D eigenvalue weighted by molar-refractivity contribution is 5.93. The molecular weight excluding hydrogens is 308 g/mol. The third-order valence-corrected chi connectivity index (χ3v) is 3.90. The number of carbonyl (C=O) groups excluding carboxylic acids is 1. The minimum atomic E-state index is -0.312. The summed E-state index contributed by atoms with van der Waals surface area (Å²) in [6.07, 6.45) is 3.62. The number of hydrogen-bond donors (Lipinski definition) is 1. The molecule has 1 aliphatic heterocycles. The molecule has 0 bridgehead atoms. The van der Waals surface area contributed by atoms with Gasteiger partial charge in [0, 0.05) is 32.1 Å². The van der Waals surface area contributed by atoms with Crippen molar-refractivity contribution in [3.05, 3.63) is 47.9 Å². The van der Waals surface area contributed by atoms with E-state index in [9.17, 15) is 4.79 Å². The number of amides is 1. The fourth-order valence-corrected chi connectivity index (χ4v) is 2.66. The van der Waals surface area contributed by atoms with Gasteiger partial charge in [-0.1, -0.05) is 6.07 Å². The smallest absolute Gasteiger partial charge is 0.268 e. The summed E-state index contributed by atoms with van der Waals surface area (Å²) in [6, 6.07) is 8.84. The Morgan fingerprint density at radius 1 is 1.54 bits per heavy atom. The molecule has 7 heteroatoms. The Morgan fingerprint density at radius 2 is 2.42 bits per heavy atom. The summed E-state index contributed by atoms with van der Waals surface area (Å²) in [4.78, 5) is 16.7. The van der Waals surface area contributed by atoms with Crippen molar-refractivity contribution in [2.24, 2.45) is 7.05 Å². The molecule has 124 valence electrons. The minimum absolute atomic E-state index is 0.186. The molecule has 1 saturated heterocycles. The number of rotatable bonds is 4. The van der Waals surface area contributed by atoms with Crippen LogP contribution in [0.25, 0.3) is 0 Å². The summed E-state index contributed by atoms with van der Waals surface area (Å²) in [5.41, 5.74) is 0.894. The Morgan fingerprint density at radius 3 is 3.12 bits per heavy atom. The highest BCUT2D eigenvalue weighted by atomic mass is 16.5. The molecule has 7 nitrogen and oxygen atoms in total. The predicted octanol–water partition coefficient (Wildman–Crippen LogP) is 1.26. The van der Waals surface area contributed by atoms with Gasteiger partial charge in [-0.15, -0.1) is 0 Å². The number of nitrogens with zero attached hydrogens (tertiary/aromatic N) is 3. The van der Waals surface area contributed by atoms with Crippen LogP contribution in [0, 0.1) is 11.3 Å². The first-order valence-electron chi connectivity index (χ1n) is 7.70. The van der Waals surface area contributed by atoms with Gasteiger partial charge in [0.05, 0.1) is 18.2 Å². The van der Waals surface area contributed by atoms with Crippen LogP contribution >= 0.6 is 0 Å². The van der Waals surface area contributed by atoms with E-state index in [1.54, 1.807) is 36.1 Å². The van der Waals surface area contributed by atoms with E-state index in [4.69, 9.17) is 14.7 Å². The fourth-order valence-electron chi connectivity index (χ4n) is 2.66. The van der Waals surface area contributed by atoms with Gasteiger partial charge in [-0.05, 0) is 18.6 Å². The summed E-state index contributed by atoms with van der Waals surface area (Å²) in [6.45, 7) is 0.946. The maximum atomic E-state index is 12.5. The monoisotopic (exact) mass is 326 g/mol. The van der Waals surface area contributed by atoms with E-state index in [2.05, 4.69) is 10.3 Å². The molecule has 24 heavy (non-hydrogen) atoms. The molecule has 1 fully saturated rings. The molecule has 0 aromatic carbocycles. The van der Waals surface area contributed by atoms with E-state index in [1.165, 1.54) is 0 Å². The van der Waals surface area contributed by atoms with Crippen LogP contribution in [-0.4, -0.2) is 40.8 Å². The number of aryl methyl sites for hydroxylation is 1. The summed E-state index contributed by atoms with van der Waals surface area (Å²) in [5, 5.41) is 11.9. The van der Waals surface area contributed by atoms with Gasteiger partial charge >= 0.3 is 0 Å². The fraction of sp³-hybridized carbons (Fsp3) is 0.353. The van der Waals surface area contributed by atoms with Crippen LogP contribution in [0.15, 0.2) is 36.7 Å². The van der Waals surface area contributed by atoms with Crippen molar-refractivity contribution in [3.8, 4) is 11.9 Å². The van der Waals surface area contributed by atoms with Gasteiger partial charge in [0.15, 0.2) is 0 Å². The lowest BCUT2D eigenvalue weighted by molar-refractivity contribution is -0.0153. The molecule has 2 atom stereocenters. The van der Waals surface area contributed by atoms with E-state index in [-0.39, 0.29) is 18.1 Å². The number of aromatic nitrogens is 2. The molecule has 3 heterocycles. The molecule has 0 radical (unpaired) electrons. The Balaban J connectivity index is 1.70. The van der Waals surface area contributed by atoms with Crippen LogP contribution in [-0.2, 0) is 11.8 Å². The number of carbonyl (C=O) groups is 1. The molecule has 1 N–H and O–H groups in total. The van der Waals surface area contributed by atoms with E-state index >= 15 is 0 Å². The average molecular weight is 326 g/mol. The van der Waals surface area contributed by atoms with Gasteiger partial charge in [-0.25, -0.2) is 4.98 Å². The van der Waals surface area contributed by atoms with Crippen LogP contribution in [0.4, 0.5) is 0 Å². The molecule has 1 amide bonds. The summed E-state index contributed by atoms with van der Waals surface area (Å²) in [5.74, 6) is 0.262. The van der Waals surface area contributed by atoms with Crippen molar-refractivity contribution in [1.29, 1.82) is 5.26 Å². The quantitative estimate of drug-likeness (QED) is 0.913. The standard InChI is InChI=1S/C17H18N4O3/c1-21-10-12(9-18)8-14(21)17(22)20-13-5-7-23-11-15(13)24-16-4-2-3-6-19-16/h2-4,6,8,10,13,15H,5,7,11H2,1H3,(H,20,22)/t13-,15-/m1/s1. The second-order valence-corrected chi connectivity index (χ2v) is 5.60. The van der Waals surface area contributed by atoms with Crippen LogP contribution in [0.1, 0.15) is 22.5 Å². The Hall–Kier alpha value is -2.85. The maximum absolute atomic E-state index is 12.5. The third kappa shape index (κ3) is 3.55. The van der Waals surface area contributed by atoms with Crippen molar-refractivity contribution in [1.82, 2.24) is 14.9 Å². The number of pyridine rings is 1. The lowest BCUT2D eigenvalue weighted by Crippen LogP contribution is -2.51. The first kappa shape index (κ1) is 16.0. The summed E-state index contributed by atoms with van der Waals surface area (Å²) < 4.78 is 13.0.